The number of aromatic hydroxyl groups is 1. The number of halogens is 4. The zero-order valence-electron chi connectivity index (χ0n) is 7.10. The van der Waals surface area contributed by atoms with Gasteiger partial charge >= 0.3 is 12.1 Å². The molecule has 15 heavy (non-hydrogen) atoms. The molecule has 0 atom stereocenters. The molecule has 1 aromatic rings. The Kier molecular flexibility index (Phi) is 2.83. The Morgan fingerprint density at radius 3 is 2.47 bits per heavy atom. The van der Waals surface area contributed by atoms with Crippen LogP contribution in [-0.4, -0.2) is 17.2 Å². The maximum absolute atomic E-state index is 12.8. The van der Waals surface area contributed by atoms with E-state index in [1.165, 1.54) is 5.32 Å². The highest BCUT2D eigenvalue weighted by Crippen LogP contribution is 2.23. The highest BCUT2D eigenvalue weighted by Gasteiger charge is 2.39. The number of alkyl halides is 3. The average Bonchev–Trinajstić information content (AvgIpc) is 2.09. The van der Waals surface area contributed by atoms with Crippen LogP contribution in [0.1, 0.15) is 0 Å². The van der Waals surface area contributed by atoms with Crippen LogP contribution in [0, 0.1) is 5.82 Å². The Bertz CT molecular complexity index is 389. The van der Waals surface area contributed by atoms with Gasteiger partial charge in [0.1, 0.15) is 11.6 Å². The Morgan fingerprint density at radius 2 is 1.93 bits per heavy atom. The number of carbonyl (C=O) groups excluding carboxylic acids is 1. The van der Waals surface area contributed by atoms with Crippen molar-refractivity contribution < 1.29 is 27.5 Å². The third-order valence-electron chi connectivity index (χ3n) is 1.46. The molecule has 0 radical (unpaired) electrons. The van der Waals surface area contributed by atoms with Gasteiger partial charge in [0, 0.05) is 6.07 Å². The van der Waals surface area contributed by atoms with Gasteiger partial charge in [-0.15, -0.1) is 0 Å². The summed E-state index contributed by atoms with van der Waals surface area (Å²) in [6.45, 7) is 0. The summed E-state index contributed by atoms with van der Waals surface area (Å²) in [5.74, 6) is -3.81. The quantitative estimate of drug-likeness (QED) is 0.715. The predicted octanol–water partition coefficient (Wildman–Crippen LogP) is 2.03. The number of nitrogens with one attached hydrogen (secondary N) is 1. The first-order valence-corrected chi connectivity index (χ1v) is 3.67. The molecular weight excluding hydrogens is 218 g/mol. The van der Waals surface area contributed by atoms with Gasteiger partial charge in [-0.3, -0.25) is 4.79 Å². The maximum Gasteiger partial charge on any atom is 0.471 e. The molecule has 82 valence electrons. The van der Waals surface area contributed by atoms with E-state index in [9.17, 15) is 22.4 Å². The molecule has 0 aliphatic heterocycles. The maximum atomic E-state index is 12.8. The van der Waals surface area contributed by atoms with E-state index in [4.69, 9.17) is 5.11 Å². The van der Waals surface area contributed by atoms with Crippen molar-refractivity contribution in [2.24, 2.45) is 0 Å². The Labute approximate surface area is 81.3 Å². The third kappa shape index (κ3) is 2.83. The second kappa shape index (κ2) is 3.76. The Hall–Kier alpha value is -1.79. The number of phenolic OH excluding ortho intramolecular Hbond substituents is 1. The molecule has 0 aliphatic carbocycles. The fourth-order valence-corrected chi connectivity index (χ4v) is 0.802. The molecule has 0 saturated heterocycles. The van der Waals surface area contributed by atoms with Gasteiger partial charge in [0.05, 0.1) is 5.69 Å². The van der Waals surface area contributed by atoms with Crippen molar-refractivity contribution in [3.8, 4) is 5.75 Å². The number of hydrogen-bond acceptors (Lipinski definition) is 2. The van der Waals surface area contributed by atoms with Crippen LogP contribution in [0.5, 0.6) is 5.75 Å². The average molecular weight is 223 g/mol. The van der Waals surface area contributed by atoms with Gasteiger partial charge < -0.3 is 10.4 Å². The number of hydrogen-bond donors (Lipinski definition) is 2. The van der Waals surface area contributed by atoms with Crippen molar-refractivity contribution in [1.82, 2.24) is 0 Å². The minimum Gasteiger partial charge on any atom is -0.508 e. The van der Waals surface area contributed by atoms with Crippen LogP contribution in [0.15, 0.2) is 18.2 Å². The summed E-state index contributed by atoms with van der Waals surface area (Å²) >= 11 is 0. The summed E-state index contributed by atoms with van der Waals surface area (Å²) < 4.78 is 48.1. The fourth-order valence-electron chi connectivity index (χ4n) is 0.802. The minimum absolute atomic E-state index is 0.450. The van der Waals surface area contributed by atoms with Crippen LogP contribution in [0.3, 0.4) is 0 Å². The highest BCUT2D eigenvalue weighted by atomic mass is 19.4. The van der Waals surface area contributed by atoms with E-state index < -0.39 is 29.3 Å². The van der Waals surface area contributed by atoms with Crippen molar-refractivity contribution in [2.75, 3.05) is 5.32 Å². The first-order valence-electron chi connectivity index (χ1n) is 3.67. The molecule has 0 bridgehead atoms. The van der Waals surface area contributed by atoms with Gasteiger partial charge in [0.2, 0.25) is 0 Å². The van der Waals surface area contributed by atoms with Gasteiger partial charge in [-0.2, -0.15) is 13.2 Å². The standard InChI is InChI=1S/C8H5F4NO2/c9-5-2-1-4(14)3-6(5)13-7(15)8(10,11)12/h1-3,14H,(H,13,15). The van der Waals surface area contributed by atoms with Crippen LogP contribution in [-0.2, 0) is 4.79 Å². The molecular formula is C8H5F4NO2. The van der Waals surface area contributed by atoms with Gasteiger partial charge in [-0.05, 0) is 12.1 Å². The van der Waals surface area contributed by atoms with Crippen LogP contribution in [0.25, 0.3) is 0 Å². The molecule has 0 unspecified atom stereocenters. The monoisotopic (exact) mass is 223 g/mol. The predicted molar refractivity (Wildman–Crippen MR) is 42.7 cm³/mol. The minimum atomic E-state index is -5.10. The van der Waals surface area contributed by atoms with Crippen molar-refractivity contribution >= 4 is 11.6 Å². The van der Waals surface area contributed by atoms with Gasteiger partial charge in [-0.1, -0.05) is 0 Å². The number of carbonyl (C=O) groups is 1. The molecule has 0 fully saturated rings. The summed E-state index contributed by atoms with van der Waals surface area (Å²) in [4.78, 5) is 10.4. The number of phenols is 1. The van der Waals surface area contributed by atoms with E-state index in [2.05, 4.69) is 0 Å². The Morgan fingerprint density at radius 1 is 1.33 bits per heavy atom. The molecule has 1 amide bonds. The lowest BCUT2D eigenvalue weighted by Crippen LogP contribution is -2.30. The fraction of sp³-hybridized carbons (Fsp3) is 0.125. The zero-order chi connectivity index (χ0) is 11.6. The summed E-state index contributed by atoms with van der Waals surface area (Å²) in [5.41, 5.74) is -0.725. The smallest absolute Gasteiger partial charge is 0.471 e. The van der Waals surface area contributed by atoms with Crippen molar-refractivity contribution in [1.29, 1.82) is 0 Å². The molecule has 1 aromatic carbocycles. The van der Waals surface area contributed by atoms with Gasteiger partial charge in [0.25, 0.3) is 0 Å². The summed E-state index contributed by atoms with van der Waals surface area (Å²) in [7, 11) is 0. The highest BCUT2D eigenvalue weighted by molar-refractivity contribution is 5.95. The zero-order valence-corrected chi connectivity index (χ0v) is 7.10. The second-order valence-corrected chi connectivity index (χ2v) is 2.62. The summed E-state index contributed by atoms with van der Waals surface area (Å²) in [6, 6.07) is 2.36. The second-order valence-electron chi connectivity index (χ2n) is 2.62. The first-order chi connectivity index (χ1) is 6.80. The van der Waals surface area contributed by atoms with Crippen molar-refractivity contribution in [3.05, 3.63) is 24.0 Å². The SMILES string of the molecule is O=C(Nc1cc(O)ccc1F)C(F)(F)F. The number of amides is 1. The van der Waals surface area contributed by atoms with Crippen molar-refractivity contribution in [2.45, 2.75) is 6.18 Å². The molecule has 2 N–H and O–H groups in total. The molecule has 0 aliphatic rings. The molecule has 0 heterocycles. The molecule has 0 saturated carbocycles. The van der Waals surface area contributed by atoms with E-state index >= 15 is 0 Å². The van der Waals surface area contributed by atoms with Crippen LogP contribution in [0.4, 0.5) is 23.2 Å². The Balaban J connectivity index is 2.90. The van der Waals surface area contributed by atoms with Crippen molar-refractivity contribution in [3.63, 3.8) is 0 Å². The van der Waals surface area contributed by atoms with Crippen LogP contribution >= 0.6 is 0 Å². The lowest BCUT2D eigenvalue weighted by molar-refractivity contribution is -0.167. The van der Waals surface area contributed by atoms with Gasteiger partial charge in [-0.25, -0.2) is 4.39 Å². The van der Waals surface area contributed by atoms with E-state index in [0.29, 0.717) is 6.07 Å². The molecule has 1 rings (SSSR count). The molecule has 0 spiro atoms. The lowest BCUT2D eigenvalue weighted by Gasteiger charge is -2.08. The normalized spacial score (nSPS) is 11.2. The largest absolute Gasteiger partial charge is 0.508 e. The lowest BCUT2D eigenvalue weighted by atomic mass is 10.3. The number of benzene rings is 1. The number of anilines is 1. The van der Waals surface area contributed by atoms with Crippen LogP contribution < -0.4 is 5.32 Å². The molecule has 7 heteroatoms. The van der Waals surface area contributed by atoms with Gasteiger partial charge in [0.15, 0.2) is 0 Å². The molecule has 3 nitrogen and oxygen atoms in total. The van der Waals surface area contributed by atoms with E-state index in [-0.39, 0.29) is 0 Å². The third-order valence-corrected chi connectivity index (χ3v) is 1.46. The van der Waals surface area contributed by atoms with Crippen LogP contribution in [0.2, 0.25) is 0 Å². The summed E-state index contributed by atoms with van der Waals surface area (Å²) in [5, 5.41) is 10.1. The summed E-state index contributed by atoms with van der Waals surface area (Å²) in [6.07, 6.45) is -5.10. The van der Waals surface area contributed by atoms with E-state index in [1.807, 2.05) is 0 Å². The number of rotatable bonds is 1. The first kappa shape index (κ1) is 11.3. The van der Waals surface area contributed by atoms with E-state index in [1.54, 1.807) is 0 Å². The molecule has 0 aromatic heterocycles. The topological polar surface area (TPSA) is 49.3 Å². The van der Waals surface area contributed by atoms with E-state index in [0.717, 1.165) is 12.1 Å².